The third kappa shape index (κ3) is 1.49. The van der Waals surface area contributed by atoms with Gasteiger partial charge in [0.1, 0.15) is 0 Å². The highest BCUT2D eigenvalue weighted by atomic mass is 35.5. The van der Waals surface area contributed by atoms with Crippen molar-refractivity contribution >= 4 is 35.1 Å². The number of fused-ring (bicyclic) bond motifs is 3. The number of aromatic carboxylic acids is 1. The molecular formula is C18H14ClNO4. The van der Waals surface area contributed by atoms with Crippen molar-refractivity contribution in [2.24, 2.45) is 29.1 Å². The quantitative estimate of drug-likeness (QED) is 0.662. The van der Waals surface area contributed by atoms with Crippen LogP contribution in [0.2, 0.25) is 5.02 Å². The minimum absolute atomic E-state index is 0.0872. The molecule has 24 heavy (non-hydrogen) atoms. The van der Waals surface area contributed by atoms with Crippen molar-refractivity contribution in [2.45, 2.75) is 12.8 Å². The number of benzene rings is 1. The van der Waals surface area contributed by atoms with Crippen molar-refractivity contribution in [1.29, 1.82) is 0 Å². The Kier molecular flexibility index (Phi) is 2.53. The fourth-order valence-corrected chi connectivity index (χ4v) is 5.35. The largest absolute Gasteiger partial charge is 0.478 e. The third-order valence-corrected chi connectivity index (χ3v) is 6.62. The topological polar surface area (TPSA) is 74.7 Å². The summed E-state index contributed by atoms with van der Waals surface area (Å²) in [4.78, 5) is 38.4. The van der Waals surface area contributed by atoms with Crippen LogP contribution in [0, 0.1) is 29.1 Å². The van der Waals surface area contributed by atoms with Gasteiger partial charge in [0.25, 0.3) is 0 Å². The summed E-state index contributed by atoms with van der Waals surface area (Å²) in [5.74, 6) is -1.86. The van der Waals surface area contributed by atoms with E-state index in [4.69, 9.17) is 11.6 Å². The zero-order valence-corrected chi connectivity index (χ0v) is 13.4. The van der Waals surface area contributed by atoms with Gasteiger partial charge in [0.2, 0.25) is 11.8 Å². The monoisotopic (exact) mass is 343 g/mol. The first kappa shape index (κ1) is 14.2. The molecule has 1 spiro atoms. The van der Waals surface area contributed by atoms with Gasteiger partial charge in [-0.25, -0.2) is 9.69 Å². The molecule has 4 atom stereocenters. The summed E-state index contributed by atoms with van der Waals surface area (Å²) in [6, 6.07) is 4.27. The Labute approximate surface area is 142 Å². The average molecular weight is 344 g/mol. The van der Waals surface area contributed by atoms with Crippen LogP contribution in [0.15, 0.2) is 30.4 Å². The molecule has 1 aromatic rings. The van der Waals surface area contributed by atoms with Gasteiger partial charge >= 0.3 is 5.97 Å². The molecule has 1 aromatic carbocycles. The predicted octanol–water partition coefficient (Wildman–Crippen LogP) is 2.74. The third-order valence-electron chi connectivity index (χ3n) is 6.29. The van der Waals surface area contributed by atoms with Gasteiger partial charge in [-0.3, -0.25) is 9.59 Å². The van der Waals surface area contributed by atoms with Gasteiger partial charge in [0, 0.05) is 0 Å². The maximum Gasteiger partial charge on any atom is 0.337 e. The predicted molar refractivity (Wildman–Crippen MR) is 85.7 cm³/mol. The first-order chi connectivity index (χ1) is 11.5. The highest BCUT2D eigenvalue weighted by molar-refractivity contribution is 6.34. The van der Waals surface area contributed by atoms with Gasteiger partial charge in [-0.15, -0.1) is 0 Å². The van der Waals surface area contributed by atoms with Gasteiger partial charge in [0.05, 0.1) is 28.1 Å². The number of imide groups is 1. The molecule has 4 aliphatic rings. The number of carboxylic acid groups (broad SMARTS) is 1. The summed E-state index contributed by atoms with van der Waals surface area (Å²) in [7, 11) is 0. The van der Waals surface area contributed by atoms with Gasteiger partial charge < -0.3 is 5.11 Å². The number of carbonyl (C=O) groups excluding carboxylic acids is 2. The van der Waals surface area contributed by atoms with E-state index in [1.165, 1.54) is 23.1 Å². The summed E-state index contributed by atoms with van der Waals surface area (Å²) in [6.07, 6.45) is 6.40. The van der Waals surface area contributed by atoms with Crippen molar-refractivity contribution in [3.8, 4) is 0 Å². The number of amides is 2. The summed E-state index contributed by atoms with van der Waals surface area (Å²) in [5.41, 5.74) is 0.343. The first-order valence-electron chi connectivity index (χ1n) is 8.05. The van der Waals surface area contributed by atoms with Crippen LogP contribution in [-0.2, 0) is 9.59 Å². The molecule has 1 aliphatic heterocycles. The molecule has 3 fully saturated rings. The second kappa shape index (κ2) is 4.28. The number of carbonyl (C=O) groups is 3. The minimum atomic E-state index is -1.18. The van der Waals surface area contributed by atoms with Crippen LogP contribution in [-0.4, -0.2) is 22.9 Å². The lowest BCUT2D eigenvalue weighted by molar-refractivity contribution is -0.123. The summed E-state index contributed by atoms with van der Waals surface area (Å²) < 4.78 is 0. The Morgan fingerprint density at radius 1 is 1.12 bits per heavy atom. The first-order valence-corrected chi connectivity index (χ1v) is 8.42. The van der Waals surface area contributed by atoms with Crippen LogP contribution in [0.4, 0.5) is 5.69 Å². The Hall–Kier alpha value is -2.14. The molecule has 1 saturated heterocycles. The number of carboxylic acids is 1. The second-order valence-electron chi connectivity index (χ2n) is 7.20. The lowest BCUT2D eigenvalue weighted by Gasteiger charge is -2.22. The van der Waals surface area contributed by atoms with E-state index >= 15 is 0 Å². The second-order valence-corrected chi connectivity index (χ2v) is 7.61. The molecule has 0 aromatic heterocycles. The summed E-state index contributed by atoms with van der Waals surface area (Å²) >= 11 is 5.89. The maximum atomic E-state index is 13.0. The zero-order valence-electron chi connectivity index (χ0n) is 12.6. The number of halogens is 1. The van der Waals surface area contributed by atoms with Crippen LogP contribution >= 0.6 is 11.6 Å². The number of allylic oxidation sites excluding steroid dienone is 2. The summed E-state index contributed by atoms with van der Waals surface area (Å²) in [5, 5.41) is 9.30. The molecule has 3 aliphatic carbocycles. The molecule has 122 valence electrons. The number of hydrogen-bond acceptors (Lipinski definition) is 3. The van der Waals surface area contributed by atoms with Crippen LogP contribution < -0.4 is 4.90 Å². The normalized spacial score (nSPS) is 34.3. The number of hydrogen-bond donors (Lipinski definition) is 1. The molecule has 5 nitrogen and oxygen atoms in total. The molecule has 6 heteroatoms. The van der Waals surface area contributed by atoms with E-state index in [2.05, 4.69) is 12.2 Å². The van der Waals surface area contributed by atoms with E-state index in [0.717, 1.165) is 12.8 Å². The molecule has 1 heterocycles. The fourth-order valence-electron chi connectivity index (χ4n) is 5.15. The molecule has 2 saturated carbocycles. The molecule has 1 N–H and O–H groups in total. The molecular weight excluding hydrogens is 330 g/mol. The van der Waals surface area contributed by atoms with E-state index in [1.807, 2.05) is 0 Å². The van der Waals surface area contributed by atoms with Gasteiger partial charge in [-0.05, 0) is 48.3 Å². The van der Waals surface area contributed by atoms with Crippen LogP contribution in [0.5, 0.6) is 0 Å². The Morgan fingerprint density at radius 2 is 1.71 bits per heavy atom. The van der Waals surface area contributed by atoms with Crippen molar-refractivity contribution in [3.05, 3.63) is 40.9 Å². The SMILES string of the molecule is O=C(O)c1cc(N2C(=O)[C@@H]3[C@H](C2=O)[C@@H]2C=C[C@@H]3C23CC3)ccc1Cl. The van der Waals surface area contributed by atoms with E-state index in [9.17, 15) is 19.5 Å². The van der Waals surface area contributed by atoms with Crippen molar-refractivity contribution in [1.82, 2.24) is 0 Å². The number of rotatable bonds is 2. The molecule has 0 radical (unpaired) electrons. The van der Waals surface area contributed by atoms with Gasteiger partial charge in [0.15, 0.2) is 0 Å². The average Bonchev–Trinajstić information content (AvgIpc) is 3.14. The van der Waals surface area contributed by atoms with E-state index in [-0.39, 0.29) is 51.5 Å². The molecule has 2 bridgehead atoms. The number of nitrogens with zero attached hydrogens (tertiary/aromatic N) is 1. The zero-order chi connectivity index (χ0) is 16.8. The minimum Gasteiger partial charge on any atom is -0.478 e. The highest BCUT2D eigenvalue weighted by Crippen LogP contribution is 2.73. The van der Waals surface area contributed by atoms with Crippen LogP contribution in [0.1, 0.15) is 23.2 Å². The lowest BCUT2D eigenvalue weighted by Crippen LogP contribution is -2.34. The molecule has 5 rings (SSSR count). The Morgan fingerprint density at radius 3 is 2.21 bits per heavy atom. The van der Waals surface area contributed by atoms with E-state index in [0.29, 0.717) is 5.69 Å². The Balaban J connectivity index is 1.56. The summed E-state index contributed by atoms with van der Waals surface area (Å²) in [6.45, 7) is 0. The number of anilines is 1. The van der Waals surface area contributed by atoms with Crippen molar-refractivity contribution < 1.29 is 19.5 Å². The van der Waals surface area contributed by atoms with Crippen molar-refractivity contribution in [2.75, 3.05) is 4.90 Å². The van der Waals surface area contributed by atoms with Crippen LogP contribution in [0.3, 0.4) is 0 Å². The van der Waals surface area contributed by atoms with E-state index in [1.54, 1.807) is 0 Å². The molecule has 2 amide bonds. The van der Waals surface area contributed by atoms with Crippen LogP contribution in [0.25, 0.3) is 0 Å². The standard InChI is InChI=1S/C18H14ClNO4/c19-12-4-1-8(7-9(12)17(23)24)20-15(21)13-10-2-3-11(14(13)16(20)22)18(10)5-6-18/h1-4,7,10-11,13-14H,5-6H2,(H,23,24)/t10-,11-,13-,14+/m0/s1. The Bertz CT molecular complexity index is 823. The maximum absolute atomic E-state index is 13.0. The molecule has 0 unspecified atom stereocenters. The van der Waals surface area contributed by atoms with Crippen molar-refractivity contribution in [3.63, 3.8) is 0 Å². The smallest absolute Gasteiger partial charge is 0.337 e. The highest BCUT2D eigenvalue weighted by Gasteiger charge is 2.73. The van der Waals surface area contributed by atoms with E-state index < -0.39 is 5.97 Å². The fraction of sp³-hybridized carbons (Fsp3) is 0.389. The lowest BCUT2D eigenvalue weighted by atomic mass is 9.85. The van der Waals surface area contributed by atoms with Gasteiger partial charge in [-0.2, -0.15) is 0 Å². The van der Waals surface area contributed by atoms with Gasteiger partial charge in [-0.1, -0.05) is 23.8 Å².